The van der Waals surface area contributed by atoms with E-state index in [4.69, 9.17) is 16.3 Å². The number of hydrogen-bond donors (Lipinski definition) is 1. The number of rotatable bonds is 7. The van der Waals surface area contributed by atoms with Gasteiger partial charge in [0.25, 0.3) is 0 Å². The highest BCUT2D eigenvalue weighted by Crippen LogP contribution is 2.27. The molecule has 0 radical (unpaired) electrons. The minimum atomic E-state index is 0.0900. The zero-order valence-electron chi connectivity index (χ0n) is 16.0. The Kier molecular flexibility index (Phi) is 6.53. The maximum Gasteiger partial charge on any atom is 0.120 e. The summed E-state index contributed by atoms with van der Waals surface area (Å²) < 4.78 is 5.91. The summed E-state index contributed by atoms with van der Waals surface area (Å²) in [7, 11) is 0. The fraction of sp³-hybridized carbons (Fsp3) is 0.455. The molecule has 0 heterocycles. The third-order valence-electron chi connectivity index (χ3n) is 3.99. The Balaban J connectivity index is 1.94. The van der Waals surface area contributed by atoms with Gasteiger partial charge in [-0.15, -0.1) is 0 Å². The standard InChI is InChI=1S/C22H30ClNO/c1-21(2,3)16-22(4,5)24-14-17-9-8-11-19(13-17)25-15-18-10-6-7-12-20(18)23/h6-13,24H,14-16H2,1-5H3. The largest absolute Gasteiger partial charge is 0.489 e. The van der Waals surface area contributed by atoms with Crippen molar-refractivity contribution in [2.75, 3.05) is 0 Å². The zero-order chi connectivity index (χ0) is 18.5. The maximum absolute atomic E-state index is 6.18. The molecule has 0 aliphatic carbocycles. The molecule has 0 bridgehead atoms. The van der Waals surface area contributed by atoms with E-state index in [0.29, 0.717) is 12.0 Å². The second-order valence-electron chi connectivity index (χ2n) is 8.50. The smallest absolute Gasteiger partial charge is 0.120 e. The fourth-order valence-electron chi connectivity index (χ4n) is 3.25. The first kappa shape index (κ1) is 19.8. The van der Waals surface area contributed by atoms with Crippen molar-refractivity contribution in [3.8, 4) is 5.75 Å². The molecule has 0 fully saturated rings. The van der Waals surface area contributed by atoms with Gasteiger partial charge in [-0.1, -0.05) is 62.7 Å². The minimum Gasteiger partial charge on any atom is -0.489 e. The molecule has 0 unspecified atom stereocenters. The Morgan fingerprint density at radius 2 is 1.68 bits per heavy atom. The monoisotopic (exact) mass is 359 g/mol. The molecule has 0 saturated heterocycles. The molecule has 1 N–H and O–H groups in total. The van der Waals surface area contributed by atoms with Crippen molar-refractivity contribution in [1.29, 1.82) is 0 Å². The Labute approximate surface area is 157 Å². The van der Waals surface area contributed by atoms with Crippen molar-refractivity contribution < 1.29 is 4.74 Å². The molecule has 2 aromatic carbocycles. The highest BCUT2D eigenvalue weighted by atomic mass is 35.5. The topological polar surface area (TPSA) is 21.3 Å². The quantitative estimate of drug-likeness (QED) is 0.633. The van der Waals surface area contributed by atoms with Gasteiger partial charge < -0.3 is 10.1 Å². The van der Waals surface area contributed by atoms with Crippen LogP contribution in [0.2, 0.25) is 5.02 Å². The van der Waals surface area contributed by atoms with Crippen LogP contribution in [0.5, 0.6) is 5.75 Å². The van der Waals surface area contributed by atoms with Gasteiger partial charge in [-0.05, 0) is 49.4 Å². The number of nitrogens with one attached hydrogen (secondary N) is 1. The van der Waals surface area contributed by atoms with Crippen molar-refractivity contribution >= 4 is 11.6 Å². The van der Waals surface area contributed by atoms with Crippen molar-refractivity contribution in [1.82, 2.24) is 5.32 Å². The summed E-state index contributed by atoms with van der Waals surface area (Å²) in [6, 6.07) is 16.0. The van der Waals surface area contributed by atoms with E-state index < -0.39 is 0 Å². The van der Waals surface area contributed by atoms with E-state index in [2.05, 4.69) is 52.1 Å². The van der Waals surface area contributed by atoms with Crippen LogP contribution >= 0.6 is 11.6 Å². The molecule has 0 saturated carbocycles. The summed E-state index contributed by atoms with van der Waals surface area (Å²) in [5.74, 6) is 0.868. The lowest BCUT2D eigenvalue weighted by Gasteiger charge is -2.33. The highest BCUT2D eigenvalue weighted by Gasteiger charge is 2.24. The SMILES string of the molecule is CC(C)(C)CC(C)(C)NCc1cccc(OCc2ccccc2Cl)c1. The molecule has 25 heavy (non-hydrogen) atoms. The van der Waals surface area contributed by atoms with Crippen LogP contribution < -0.4 is 10.1 Å². The van der Waals surface area contributed by atoms with Crippen LogP contribution in [0.1, 0.15) is 52.2 Å². The first-order chi connectivity index (χ1) is 11.6. The lowest BCUT2D eigenvalue weighted by atomic mass is 9.82. The van der Waals surface area contributed by atoms with Crippen LogP contribution in [0, 0.1) is 5.41 Å². The molecule has 136 valence electrons. The molecule has 3 heteroatoms. The van der Waals surface area contributed by atoms with E-state index in [1.807, 2.05) is 36.4 Å². The molecule has 0 aromatic heterocycles. The molecular formula is C22H30ClNO. The molecule has 2 nitrogen and oxygen atoms in total. The van der Waals surface area contributed by atoms with Crippen LogP contribution in [0.3, 0.4) is 0 Å². The highest BCUT2D eigenvalue weighted by molar-refractivity contribution is 6.31. The number of benzene rings is 2. The predicted octanol–water partition coefficient (Wildman–Crippen LogP) is 6.22. The van der Waals surface area contributed by atoms with Crippen molar-refractivity contribution in [2.24, 2.45) is 5.41 Å². The second-order valence-corrected chi connectivity index (χ2v) is 8.91. The van der Waals surface area contributed by atoms with Crippen LogP contribution in [-0.4, -0.2) is 5.54 Å². The summed E-state index contributed by atoms with van der Waals surface area (Å²) >= 11 is 6.18. The van der Waals surface area contributed by atoms with E-state index in [1.165, 1.54) is 5.56 Å². The molecular weight excluding hydrogens is 330 g/mol. The second kappa shape index (κ2) is 8.25. The van der Waals surface area contributed by atoms with E-state index in [9.17, 15) is 0 Å². The van der Waals surface area contributed by atoms with Crippen LogP contribution in [0.4, 0.5) is 0 Å². The molecule has 0 atom stereocenters. The van der Waals surface area contributed by atoms with Gasteiger partial charge in [-0.3, -0.25) is 0 Å². The first-order valence-corrected chi connectivity index (χ1v) is 9.23. The van der Waals surface area contributed by atoms with Gasteiger partial charge >= 0.3 is 0 Å². The van der Waals surface area contributed by atoms with Crippen molar-refractivity contribution in [3.05, 3.63) is 64.7 Å². The molecule has 0 spiro atoms. The molecule has 0 aliphatic rings. The van der Waals surface area contributed by atoms with E-state index >= 15 is 0 Å². The normalized spacial score (nSPS) is 12.2. The van der Waals surface area contributed by atoms with Crippen molar-refractivity contribution in [3.63, 3.8) is 0 Å². The molecule has 0 aliphatic heterocycles. The van der Waals surface area contributed by atoms with Gasteiger partial charge in [0, 0.05) is 22.7 Å². The maximum atomic E-state index is 6.18. The predicted molar refractivity (Wildman–Crippen MR) is 107 cm³/mol. The summed E-state index contributed by atoms with van der Waals surface area (Å²) in [4.78, 5) is 0. The first-order valence-electron chi connectivity index (χ1n) is 8.85. The van der Waals surface area contributed by atoms with Gasteiger partial charge in [0.1, 0.15) is 12.4 Å². The van der Waals surface area contributed by atoms with Gasteiger partial charge in [0.15, 0.2) is 0 Å². The van der Waals surface area contributed by atoms with Gasteiger partial charge in [0.05, 0.1) is 0 Å². The summed E-state index contributed by atoms with van der Waals surface area (Å²) in [5.41, 5.74) is 2.61. The van der Waals surface area contributed by atoms with Gasteiger partial charge in [0.2, 0.25) is 0 Å². The Morgan fingerprint density at radius 1 is 0.960 bits per heavy atom. The number of halogens is 1. The van der Waals surface area contributed by atoms with Crippen LogP contribution in [-0.2, 0) is 13.2 Å². The Bertz CT molecular complexity index is 688. The number of hydrogen-bond acceptors (Lipinski definition) is 2. The average molecular weight is 360 g/mol. The third kappa shape index (κ3) is 7.09. The Morgan fingerprint density at radius 3 is 2.36 bits per heavy atom. The van der Waals surface area contributed by atoms with Gasteiger partial charge in [-0.25, -0.2) is 0 Å². The summed E-state index contributed by atoms with van der Waals surface area (Å²) in [6.07, 6.45) is 1.11. The summed E-state index contributed by atoms with van der Waals surface area (Å²) in [6.45, 7) is 12.7. The Hall–Kier alpha value is -1.51. The average Bonchev–Trinajstić information content (AvgIpc) is 2.51. The summed E-state index contributed by atoms with van der Waals surface area (Å²) in [5, 5.41) is 4.41. The molecule has 2 aromatic rings. The lowest BCUT2D eigenvalue weighted by molar-refractivity contribution is 0.240. The van der Waals surface area contributed by atoms with Crippen molar-refractivity contribution in [2.45, 2.75) is 59.7 Å². The minimum absolute atomic E-state index is 0.0900. The zero-order valence-corrected chi connectivity index (χ0v) is 16.8. The lowest BCUT2D eigenvalue weighted by Crippen LogP contribution is -2.41. The molecule has 0 amide bonds. The fourth-order valence-corrected chi connectivity index (χ4v) is 3.44. The van der Waals surface area contributed by atoms with Gasteiger partial charge in [-0.2, -0.15) is 0 Å². The van der Waals surface area contributed by atoms with Crippen LogP contribution in [0.15, 0.2) is 48.5 Å². The molecule has 2 rings (SSSR count). The van der Waals surface area contributed by atoms with E-state index in [1.54, 1.807) is 0 Å². The van der Waals surface area contributed by atoms with E-state index in [0.717, 1.165) is 29.3 Å². The third-order valence-corrected chi connectivity index (χ3v) is 4.36. The van der Waals surface area contributed by atoms with E-state index in [-0.39, 0.29) is 5.54 Å². The van der Waals surface area contributed by atoms with Crippen LogP contribution in [0.25, 0.3) is 0 Å². The number of ether oxygens (including phenoxy) is 1.